The Hall–Kier alpha value is -2.34. The van der Waals surface area contributed by atoms with Gasteiger partial charge in [-0.05, 0) is 42.3 Å². The summed E-state index contributed by atoms with van der Waals surface area (Å²) in [6.07, 6.45) is 0.950. The van der Waals surface area contributed by atoms with Crippen LogP contribution in [0.1, 0.15) is 18.1 Å². The lowest BCUT2D eigenvalue weighted by molar-refractivity contribution is 0.442. The average molecular weight is 241 g/mol. The molecule has 0 aromatic heterocycles. The van der Waals surface area contributed by atoms with E-state index in [2.05, 4.69) is 6.92 Å². The van der Waals surface area contributed by atoms with Gasteiger partial charge in [-0.3, -0.25) is 0 Å². The molecule has 0 atom stereocenters. The predicted octanol–water partition coefficient (Wildman–Crippen LogP) is 4.05. The maximum absolute atomic E-state index is 13.6. The molecule has 0 heterocycles. The highest BCUT2D eigenvalue weighted by atomic mass is 19.1. The summed E-state index contributed by atoms with van der Waals surface area (Å²) >= 11 is 0. The zero-order valence-corrected chi connectivity index (χ0v) is 9.98. The van der Waals surface area contributed by atoms with E-state index in [0.29, 0.717) is 5.75 Å². The highest BCUT2D eigenvalue weighted by Gasteiger charge is 2.05. The molecule has 0 aliphatic carbocycles. The van der Waals surface area contributed by atoms with Gasteiger partial charge in [0.25, 0.3) is 0 Å². The highest BCUT2D eigenvalue weighted by Crippen LogP contribution is 2.25. The van der Waals surface area contributed by atoms with Crippen molar-refractivity contribution in [2.24, 2.45) is 0 Å². The molecule has 90 valence electrons. The summed E-state index contributed by atoms with van der Waals surface area (Å²) in [6.45, 7) is 2.07. The molecule has 2 nitrogen and oxygen atoms in total. The Labute approximate surface area is 105 Å². The molecule has 0 aliphatic heterocycles. The van der Waals surface area contributed by atoms with Gasteiger partial charge in [0.1, 0.15) is 5.75 Å². The fourth-order valence-corrected chi connectivity index (χ4v) is 1.57. The van der Waals surface area contributed by atoms with Gasteiger partial charge in [-0.15, -0.1) is 0 Å². The van der Waals surface area contributed by atoms with Crippen LogP contribution >= 0.6 is 0 Å². The molecule has 2 aromatic rings. The van der Waals surface area contributed by atoms with Crippen molar-refractivity contribution in [1.82, 2.24) is 0 Å². The van der Waals surface area contributed by atoms with Gasteiger partial charge in [-0.1, -0.05) is 19.1 Å². The summed E-state index contributed by atoms with van der Waals surface area (Å²) in [5.74, 6) is 0.169. The van der Waals surface area contributed by atoms with Gasteiger partial charge in [-0.2, -0.15) is 5.26 Å². The molecule has 0 aliphatic rings. The molecule has 0 fully saturated rings. The third-order valence-corrected chi connectivity index (χ3v) is 2.62. The Morgan fingerprint density at radius 2 is 1.89 bits per heavy atom. The third kappa shape index (κ3) is 2.67. The second-order valence-electron chi connectivity index (χ2n) is 3.86. The van der Waals surface area contributed by atoms with E-state index < -0.39 is 5.82 Å². The van der Waals surface area contributed by atoms with E-state index in [1.165, 1.54) is 17.7 Å². The van der Waals surface area contributed by atoms with E-state index in [1.54, 1.807) is 12.1 Å². The lowest BCUT2D eigenvalue weighted by Crippen LogP contribution is -1.90. The van der Waals surface area contributed by atoms with Crippen LogP contribution in [0.2, 0.25) is 0 Å². The van der Waals surface area contributed by atoms with Crippen LogP contribution in [-0.4, -0.2) is 0 Å². The number of nitrogens with zero attached hydrogens (tertiary/aromatic N) is 1. The van der Waals surface area contributed by atoms with E-state index in [1.807, 2.05) is 18.2 Å². The number of rotatable bonds is 3. The van der Waals surface area contributed by atoms with Crippen LogP contribution in [0.15, 0.2) is 42.5 Å². The minimum absolute atomic E-state index is 0.123. The standard InChI is InChI=1S/C15H12FNO/c1-2-11-3-6-13(7-4-11)18-15-8-5-12(10-17)9-14(15)16/h3-9H,2H2,1H3. The summed E-state index contributed by atoms with van der Waals surface area (Å²) in [6, 6.07) is 13.5. The lowest BCUT2D eigenvalue weighted by atomic mass is 10.2. The largest absolute Gasteiger partial charge is 0.454 e. The Morgan fingerprint density at radius 3 is 2.44 bits per heavy atom. The average Bonchev–Trinajstić information content (AvgIpc) is 2.42. The first-order chi connectivity index (χ1) is 8.72. The first-order valence-corrected chi connectivity index (χ1v) is 5.69. The molecule has 0 unspecified atom stereocenters. The molecule has 0 spiro atoms. The molecular weight excluding hydrogens is 229 g/mol. The van der Waals surface area contributed by atoms with E-state index in [9.17, 15) is 4.39 Å². The van der Waals surface area contributed by atoms with Crippen molar-refractivity contribution < 1.29 is 9.13 Å². The van der Waals surface area contributed by atoms with E-state index in [-0.39, 0.29) is 11.3 Å². The minimum Gasteiger partial charge on any atom is -0.454 e. The van der Waals surface area contributed by atoms with Crippen molar-refractivity contribution in [3.8, 4) is 17.6 Å². The summed E-state index contributed by atoms with van der Waals surface area (Å²) in [7, 11) is 0. The van der Waals surface area contributed by atoms with Gasteiger partial charge in [0.15, 0.2) is 11.6 Å². The molecule has 3 heteroatoms. The molecule has 0 saturated carbocycles. The lowest BCUT2D eigenvalue weighted by Gasteiger charge is -2.07. The maximum atomic E-state index is 13.6. The van der Waals surface area contributed by atoms with Gasteiger partial charge in [0.05, 0.1) is 11.6 Å². The zero-order chi connectivity index (χ0) is 13.0. The Balaban J connectivity index is 2.20. The monoisotopic (exact) mass is 241 g/mol. The Kier molecular flexibility index (Phi) is 3.59. The van der Waals surface area contributed by atoms with Crippen molar-refractivity contribution in [2.45, 2.75) is 13.3 Å². The van der Waals surface area contributed by atoms with Gasteiger partial charge in [0, 0.05) is 0 Å². The second kappa shape index (κ2) is 5.33. The van der Waals surface area contributed by atoms with Crippen molar-refractivity contribution in [3.63, 3.8) is 0 Å². The topological polar surface area (TPSA) is 33.0 Å². The van der Waals surface area contributed by atoms with E-state index in [0.717, 1.165) is 12.5 Å². The number of hydrogen-bond donors (Lipinski definition) is 0. The van der Waals surface area contributed by atoms with Gasteiger partial charge < -0.3 is 4.74 Å². The van der Waals surface area contributed by atoms with Crippen molar-refractivity contribution in [3.05, 3.63) is 59.4 Å². The Bertz CT molecular complexity index is 584. The molecule has 0 saturated heterocycles. The van der Waals surface area contributed by atoms with Crippen LogP contribution in [0.3, 0.4) is 0 Å². The van der Waals surface area contributed by atoms with Crippen LogP contribution in [0.5, 0.6) is 11.5 Å². The highest BCUT2D eigenvalue weighted by molar-refractivity contribution is 5.39. The Morgan fingerprint density at radius 1 is 1.17 bits per heavy atom. The molecular formula is C15H12FNO. The minimum atomic E-state index is -0.534. The number of halogens is 1. The molecule has 2 rings (SSSR count). The smallest absolute Gasteiger partial charge is 0.167 e. The summed E-state index contributed by atoms with van der Waals surface area (Å²) in [5, 5.41) is 8.64. The van der Waals surface area contributed by atoms with Crippen molar-refractivity contribution in [1.29, 1.82) is 5.26 Å². The molecule has 18 heavy (non-hydrogen) atoms. The molecule has 0 radical (unpaired) electrons. The number of hydrogen-bond acceptors (Lipinski definition) is 2. The molecule has 0 bridgehead atoms. The fourth-order valence-electron chi connectivity index (χ4n) is 1.57. The van der Waals surface area contributed by atoms with Crippen molar-refractivity contribution in [2.75, 3.05) is 0 Å². The van der Waals surface area contributed by atoms with Gasteiger partial charge in [-0.25, -0.2) is 4.39 Å². The number of benzene rings is 2. The number of nitriles is 1. The van der Waals surface area contributed by atoms with E-state index in [4.69, 9.17) is 10.00 Å². The van der Waals surface area contributed by atoms with E-state index >= 15 is 0 Å². The van der Waals surface area contributed by atoms with Crippen molar-refractivity contribution >= 4 is 0 Å². The van der Waals surface area contributed by atoms with Gasteiger partial charge >= 0.3 is 0 Å². The SMILES string of the molecule is CCc1ccc(Oc2ccc(C#N)cc2F)cc1. The molecule has 2 aromatic carbocycles. The van der Waals surface area contributed by atoms with Crippen LogP contribution in [0, 0.1) is 17.1 Å². The quantitative estimate of drug-likeness (QED) is 0.812. The first kappa shape index (κ1) is 12.1. The van der Waals surface area contributed by atoms with Crippen LogP contribution in [0.4, 0.5) is 4.39 Å². The summed E-state index contributed by atoms with van der Waals surface area (Å²) in [4.78, 5) is 0. The third-order valence-electron chi connectivity index (χ3n) is 2.62. The summed E-state index contributed by atoms with van der Waals surface area (Å²) < 4.78 is 19.0. The number of aryl methyl sites for hydroxylation is 1. The fraction of sp³-hybridized carbons (Fsp3) is 0.133. The predicted molar refractivity (Wildman–Crippen MR) is 67.0 cm³/mol. The molecule has 0 amide bonds. The second-order valence-corrected chi connectivity index (χ2v) is 3.86. The van der Waals surface area contributed by atoms with Crippen LogP contribution in [-0.2, 0) is 6.42 Å². The molecule has 0 N–H and O–H groups in total. The normalized spacial score (nSPS) is 9.83. The maximum Gasteiger partial charge on any atom is 0.167 e. The number of ether oxygens (including phenoxy) is 1. The van der Waals surface area contributed by atoms with Gasteiger partial charge in [0.2, 0.25) is 0 Å². The van der Waals surface area contributed by atoms with Crippen LogP contribution in [0.25, 0.3) is 0 Å². The summed E-state index contributed by atoms with van der Waals surface area (Å²) in [5.41, 5.74) is 1.48. The van der Waals surface area contributed by atoms with Crippen LogP contribution < -0.4 is 4.74 Å². The first-order valence-electron chi connectivity index (χ1n) is 5.69. The zero-order valence-electron chi connectivity index (χ0n) is 9.98.